The maximum Gasteiger partial charge on any atom is 0.338 e. The van der Waals surface area contributed by atoms with Crippen molar-refractivity contribution in [3.05, 3.63) is 59.2 Å². The Labute approximate surface area is 163 Å². The number of aromatic nitrogens is 4. The average molecular weight is 381 g/mol. The van der Waals surface area contributed by atoms with Gasteiger partial charge in [-0.3, -0.25) is 0 Å². The number of hydrogen-bond acceptors (Lipinski definition) is 7. The lowest BCUT2D eigenvalue weighted by atomic mass is 10.1. The van der Waals surface area contributed by atoms with E-state index in [1.54, 1.807) is 26.2 Å². The molecule has 0 amide bonds. The van der Waals surface area contributed by atoms with Crippen LogP contribution in [0.5, 0.6) is 5.75 Å². The topological polar surface area (TPSA) is 91.2 Å². The Morgan fingerprint density at radius 3 is 2.75 bits per heavy atom. The smallest absolute Gasteiger partial charge is 0.338 e. The Bertz CT molecular complexity index is 955. The van der Waals surface area contributed by atoms with Gasteiger partial charge in [0.25, 0.3) is 0 Å². The first-order valence-corrected chi connectivity index (χ1v) is 9.01. The number of nitrogens with one attached hydrogen (secondary N) is 1. The van der Waals surface area contributed by atoms with E-state index < -0.39 is 0 Å². The Kier molecular flexibility index (Phi) is 6.33. The van der Waals surface area contributed by atoms with Crippen LogP contribution in [0.1, 0.15) is 28.4 Å². The summed E-state index contributed by atoms with van der Waals surface area (Å²) in [7, 11) is 3.52. The molecule has 28 heavy (non-hydrogen) atoms. The highest BCUT2D eigenvalue weighted by Crippen LogP contribution is 2.25. The van der Waals surface area contributed by atoms with Crippen molar-refractivity contribution in [1.29, 1.82) is 0 Å². The molecule has 0 aliphatic carbocycles. The van der Waals surface area contributed by atoms with E-state index in [1.807, 2.05) is 37.4 Å². The third-order valence-corrected chi connectivity index (χ3v) is 4.19. The van der Waals surface area contributed by atoms with E-state index in [1.165, 1.54) is 4.80 Å². The first-order chi connectivity index (χ1) is 13.7. The summed E-state index contributed by atoms with van der Waals surface area (Å²) in [4.78, 5) is 13.6. The monoisotopic (exact) mass is 381 g/mol. The van der Waals surface area contributed by atoms with Crippen LogP contribution in [-0.2, 0) is 17.8 Å². The predicted molar refractivity (Wildman–Crippen MR) is 104 cm³/mol. The molecule has 1 aromatic heterocycles. The van der Waals surface area contributed by atoms with Crippen LogP contribution in [0.15, 0.2) is 42.5 Å². The molecule has 8 nitrogen and oxygen atoms in total. The molecule has 8 heteroatoms. The molecule has 2 aromatic carbocycles. The highest BCUT2D eigenvalue weighted by atomic mass is 16.5. The molecule has 0 aliphatic rings. The molecule has 0 unspecified atom stereocenters. The van der Waals surface area contributed by atoms with Gasteiger partial charge in [0, 0.05) is 17.7 Å². The summed E-state index contributed by atoms with van der Waals surface area (Å²) in [6, 6.07) is 13.0. The van der Waals surface area contributed by atoms with Crippen LogP contribution in [0.3, 0.4) is 0 Å². The quantitative estimate of drug-likeness (QED) is 0.599. The van der Waals surface area contributed by atoms with Crippen LogP contribution in [0.2, 0.25) is 0 Å². The Hall–Kier alpha value is -3.26. The zero-order valence-electron chi connectivity index (χ0n) is 16.2. The van der Waals surface area contributed by atoms with Crippen molar-refractivity contribution >= 4 is 5.97 Å². The van der Waals surface area contributed by atoms with Gasteiger partial charge in [-0.15, -0.1) is 10.2 Å². The molecule has 146 valence electrons. The minimum atomic E-state index is -0.358. The fourth-order valence-electron chi connectivity index (χ4n) is 2.86. The Morgan fingerprint density at radius 1 is 1.18 bits per heavy atom. The van der Waals surface area contributed by atoms with E-state index in [2.05, 4.69) is 20.7 Å². The van der Waals surface area contributed by atoms with Crippen LogP contribution in [0, 0.1) is 0 Å². The second kappa shape index (κ2) is 9.09. The third kappa shape index (κ3) is 4.34. The van der Waals surface area contributed by atoms with Crippen LogP contribution in [0.25, 0.3) is 11.4 Å². The molecule has 0 saturated carbocycles. The van der Waals surface area contributed by atoms with Crippen molar-refractivity contribution in [3.63, 3.8) is 0 Å². The molecule has 0 radical (unpaired) electrons. The third-order valence-electron chi connectivity index (χ3n) is 4.19. The number of esters is 1. The zero-order valence-corrected chi connectivity index (χ0v) is 16.2. The molecule has 0 spiro atoms. The van der Waals surface area contributed by atoms with Gasteiger partial charge in [0.2, 0.25) is 5.82 Å². The minimum Gasteiger partial charge on any atom is -0.496 e. The Balaban J connectivity index is 1.83. The van der Waals surface area contributed by atoms with Crippen molar-refractivity contribution in [3.8, 4) is 17.1 Å². The molecule has 0 aliphatic heterocycles. The van der Waals surface area contributed by atoms with E-state index >= 15 is 0 Å². The maximum atomic E-state index is 12.1. The normalized spacial score (nSPS) is 10.7. The molecule has 0 bridgehead atoms. The van der Waals surface area contributed by atoms with Crippen molar-refractivity contribution in [2.75, 3.05) is 20.8 Å². The highest BCUT2D eigenvalue weighted by Gasteiger charge is 2.14. The minimum absolute atomic E-state index is 0.316. The van der Waals surface area contributed by atoms with Crippen molar-refractivity contribution < 1.29 is 14.3 Å². The highest BCUT2D eigenvalue weighted by molar-refractivity contribution is 5.91. The molecular formula is C20H23N5O3. The van der Waals surface area contributed by atoms with E-state index in [-0.39, 0.29) is 5.97 Å². The summed E-state index contributed by atoms with van der Waals surface area (Å²) in [5, 5.41) is 15.8. The lowest BCUT2D eigenvalue weighted by molar-refractivity contribution is 0.0525. The summed E-state index contributed by atoms with van der Waals surface area (Å²) < 4.78 is 10.6. The van der Waals surface area contributed by atoms with E-state index in [9.17, 15) is 4.79 Å². The van der Waals surface area contributed by atoms with Gasteiger partial charge in [0.15, 0.2) is 0 Å². The molecule has 3 rings (SSSR count). The van der Waals surface area contributed by atoms with E-state index in [0.29, 0.717) is 31.1 Å². The van der Waals surface area contributed by atoms with Gasteiger partial charge in [-0.05, 0) is 36.9 Å². The van der Waals surface area contributed by atoms with Gasteiger partial charge in [-0.1, -0.05) is 30.3 Å². The van der Waals surface area contributed by atoms with Crippen LogP contribution in [0.4, 0.5) is 0 Å². The van der Waals surface area contributed by atoms with Gasteiger partial charge in [0.1, 0.15) is 5.75 Å². The van der Waals surface area contributed by atoms with Crippen LogP contribution < -0.4 is 10.1 Å². The van der Waals surface area contributed by atoms with Gasteiger partial charge in [-0.2, -0.15) is 4.80 Å². The number of hydrogen-bond donors (Lipinski definition) is 1. The zero-order chi connectivity index (χ0) is 19.9. The predicted octanol–water partition coefficient (Wildman–Crippen LogP) is 2.29. The lowest BCUT2D eigenvalue weighted by Gasteiger charge is -2.09. The summed E-state index contributed by atoms with van der Waals surface area (Å²) in [5.74, 6) is 0.891. The number of benzene rings is 2. The number of rotatable bonds is 8. The lowest BCUT2D eigenvalue weighted by Crippen LogP contribution is -2.12. The van der Waals surface area contributed by atoms with Gasteiger partial charge >= 0.3 is 5.97 Å². The number of carbonyl (C=O) groups is 1. The standard InChI is InChI=1S/C20H23N5O3/c1-4-28-20(26)17-8-6-5-7-16(17)13-25-23-19(22-24-25)14-9-10-15(12-21-2)18(11-14)27-3/h5-11,21H,4,12-13H2,1-3H3. The largest absolute Gasteiger partial charge is 0.496 e. The molecule has 1 heterocycles. The van der Waals surface area contributed by atoms with Gasteiger partial charge < -0.3 is 14.8 Å². The van der Waals surface area contributed by atoms with Gasteiger partial charge in [0.05, 0.1) is 25.8 Å². The molecule has 0 atom stereocenters. The molecule has 1 N–H and O–H groups in total. The van der Waals surface area contributed by atoms with Crippen LogP contribution >= 0.6 is 0 Å². The van der Waals surface area contributed by atoms with Gasteiger partial charge in [-0.25, -0.2) is 4.79 Å². The summed E-state index contributed by atoms with van der Waals surface area (Å²) in [5.41, 5.74) is 3.12. The van der Waals surface area contributed by atoms with Crippen molar-refractivity contribution in [2.24, 2.45) is 0 Å². The van der Waals surface area contributed by atoms with E-state index in [0.717, 1.165) is 22.4 Å². The van der Waals surface area contributed by atoms with E-state index in [4.69, 9.17) is 9.47 Å². The fraction of sp³-hybridized carbons (Fsp3) is 0.300. The first-order valence-electron chi connectivity index (χ1n) is 9.01. The number of carbonyl (C=O) groups excluding carboxylic acids is 1. The summed E-state index contributed by atoms with van der Waals surface area (Å²) in [6.07, 6.45) is 0. The summed E-state index contributed by atoms with van der Waals surface area (Å²) in [6.45, 7) is 3.12. The molecule has 0 saturated heterocycles. The number of ether oxygens (including phenoxy) is 2. The van der Waals surface area contributed by atoms with Crippen LogP contribution in [-0.4, -0.2) is 46.9 Å². The second-order valence-electron chi connectivity index (χ2n) is 6.08. The molecule has 0 fully saturated rings. The summed E-state index contributed by atoms with van der Waals surface area (Å²) >= 11 is 0. The number of methoxy groups -OCH3 is 1. The van der Waals surface area contributed by atoms with Crippen molar-refractivity contribution in [1.82, 2.24) is 25.5 Å². The number of nitrogens with zero attached hydrogens (tertiary/aromatic N) is 4. The fourth-order valence-corrected chi connectivity index (χ4v) is 2.86. The SMILES string of the molecule is CCOC(=O)c1ccccc1Cn1nnc(-c2ccc(CNC)c(OC)c2)n1. The first kappa shape index (κ1) is 19.5. The molecule has 3 aromatic rings. The molecular weight excluding hydrogens is 358 g/mol. The van der Waals surface area contributed by atoms with Crippen molar-refractivity contribution in [2.45, 2.75) is 20.0 Å². The average Bonchev–Trinajstić information content (AvgIpc) is 3.17. The Morgan fingerprint density at radius 2 is 2.00 bits per heavy atom. The second-order valence-corrected chi connectivity index (χ2v) is 6.08. The maximum absolute atomic E-state index is 12.1. The number of tetrazole rings is 1.